The normalized spacial score (nSPS) is 20.0. The molecule has 2 saturated heterocycles. The maximum atomic E-state index is 12.7. The minimum atomic E-state index is -0.0119. The zero-order valence-corrected chi connectivity index (χ0v) is 14.1. The molecule has 2 aliphatic rings. The zero-order chi connectivity index (χ0) is 16.2. The molecule has 0 bridgehead atoms. The minimum absolute atomic E-state index is 0.00722. The Balaban J connectivity index is 1.72. The molecule has 6 heteroatoms. The summed E-state index contributed by atoms with van der Waals surface area (Å²) in [5.74, 6) is 0.409. The number of thioether (sulfide) groups is 1. The molecule has 0 spiro atoms. The van der Waals surface area contributed by atoms with Crippen molar-refractivity contribution in [3.8, 4) is 0 Å². The predicted octanol–water partition coefficient (Wildman–Crippen LogP) is 1.63. The second-order valence-corrected chi connectivity index (χ2v) is 7.08. The van der Waals surface area contributed by atoms with E-state index in [-0.39, 0.29) is 16.9 Å². The SMILES string of the molecule is CC(C(=O)Sc1ccccc1C(=O)N1CCOCC1)C1CNC1. The van der Waals surface area contributed by atoms with Gasteiger partial charge in [0.1, 0.15) is 0 Å². The van der Waals surface area contributed by atoms with Gasteiger partial charge in [-0.15, -0.1) is 0 Å². The van der Waals surface area contributed by atoms with Crippen molar-refractivity contribution in [2.45, 2.75) is 11.8 Å². The van der Waals surface area contributed by atoms with Crippen LogP contribution < -0.4 is 5.32 Å². The average molecular weight is 334 g/mol. The topological polar surface area (TPSA) is 58.6 Å². The lowest BCUT2D eigenvalue weighted by molar-refractivity contribution is -0.115. The van der Waals surface area contributed by atoms with Crippen molar-refractivity contribution in [2.75, 3.05) is 39.4 Å². The largest absolute Gasteiger partial charge is 0.378 e. The lowest BCUT2D eigenvalue weighted by atomic mass is 9.90. The van der Waals surface area contributed by atoms with Gasteiger partial charge >= 0.3 is 0 Å². The molecule has 2 fully saturated rings. The minimum Gasteiger partial charge on any atom is -0.378 e. The molecule has 5 nitrogen and oxygen atoms in total. The summed E-state index contributed by atoms with van der Waals surface area (Å²) in [4.78, 5) is 27.8. The van der Waals surface area contributed by atoms with Crippen LogP contribution in [0.25, 0.3) is 0 Å². The third-order valence-electron chi connectivity index (χ3n) is 4.52. The highest BCUT2D eigenvalue weighted by molar-refractivity contribution is 8.13. The van der Waals surface area contributed by atoms with Crippen LogP contribution >= 0.6 is 11.8 Å². The fraction of sp³-hybridized carbons (Fsp3) is 0.529. The van der Waals surface area contributed by atoms with Gasteiger partial charge in [-0.2, -0.15) is 0 Å². The first-order valence-corrected chi connectivity index (χ1v) is 8.87. The van der Waals surface area contributed by atoms with Crippen molar-refractivity contribution < 1.29 is 14.3 Å². The second kappa shape index (κ2) is 7.47. The summed E-state index contributed by atoms with van der Waals surface area (Å²) in [6.07, 6.45) is 0. The van der Waals surface area contributed by atoms with Gasteiger partial charge in [-0.25, -0.2) is 0 Å². The van der Waals surface area contributed by atoms with E-state index in [1.807, 2.05) is 31.2 Å². The van der Waals surface area contributed by atoms with Crippen molar-refractivity contribution in [1.82, 2.24) is 10.2 Å². The second-order valence-electron chi connectivity index (χ2n) is 6.03. The van der Waals surface area contributed by atoms with Crippen molar-refractivity contribution in [2.24, 2.45) is 11.8 Å². The quantitative estimate of drug-likeness (QED) is 0.848. The van der Waals surface area contributed by atoms with Crippen LogP contribution in [0.4, 0.5) is 0 Å². The molecule has 0 aliphatic carbocycles. The fourth-order valence-corrected chi connectivity index (χ4v) is 3.73. The molecule has 2 aliphatic heterocycles. The summed E-state index contributed by atoms with van der Waals surface area (Å²) in [5, 5.41) is 3.34. The molecule has 0 saturated carbocycles. The third kappa shape index (κ3) is 3.76. The number of carbonyl (C=O) groups is 2. The van der Waals surface area contributed by atoms with Gasteiger partial charge in [-0.1, -0.05) is 30.8 Å². The molecule has 0 aromatic heterocycles. The first-order valence-electron chi connectivity index (χ1n) is 8.05. The van der Waals surface area contributed by atoms with Crippen LogP contribution in [0.1, 0.15) is 17.3 Å². The summed E-state index contributed by atoms with van der Waals surface area (Å²) in [6, 6.07) is 7.40. The molecule has 1 atom stereocenters. The number of nitrogens with one attached hydrogen (secondary N) is 1. The maximum absolute atomic E-state index is 12.7. The van der Waals surface area contributed by atoms with Gasteiger partial charge in [0, 0.05) is 23.9 Å². The Hall–Kier alpha value is -1.37. The van der Waals surface area contributed by atoms with Crippen LogP contribution in [0.2, 0.25) is 0 Å². The van der Waals surface area contributed by atoms with E-state index >= 15 is 0 Å². The molecule has 1 amide bonds. The summed E-state index contributed by atoms with van der Waals surface area (Å²) in [6.45, 7) is 6.15. The first kappa shape index (κ1) is 16.5. The standard InChI is InChI=1S/C17H22N2O3S/c1-12(13-10-18-11-13)17(21)23-15-5-3-2-4-14(15)16(20)19-6-8-22-9-7-19/h2-5,12-13,18H,6-11H2,1H3. The Bertz CT molecular complexity index is 583. The Labute approximate surface area is 140 Å². The third-order valence-corrected chi connectivity index (χ3v) is 5.67. The van der Waals surface area contributed by atoms with E-state index in [1.165, 1.54) is 11.8 Å². The monoisotopic (exact) mass is 334 g/mol. The number of morpholine rings is 1. The van der Waals surface area contributed by atoms with E-state index in [1.54, 1.807) is 4.90 Å². The lowest BCUT2D eigenvalue weighted by Crippen LogP contribution is -2.47. The molecular weight excluding hydrogens is 312 g/mol. The van der Waals surface area contributed by atoms with Crippen molar-refractivity contribution in [3.63, 3.8) is 0 Å². The number of nitrogens with zero attached hydrogens (tertiary/aromatic N) is 1. The van der Waals surface area contributed by atoms with Gasteiger partial charge in [0.25, 0.3) is 5.91 Å². The van der Waals surface area contributed by atoms with Crippen LogP contribution in [-0.4, -0.2) is 55.3 Å². The van der Waals surface area contributed by atoms with E-state index in [0.717, 1.165) is 18.0 Å². The highest BCUT2D eigenvalue weighted by atomic mass is 32.2. The smallest absolute Gasteiger partial charge is 0.255 e. The molecule has 0 radical (unpaired) electrons. The van der Waals surface area contributed by atoms with Crippen molar-refractivity contribution in [1.29, 1.82) is 0 Å². The Morgan fingerprint density at radius 3 is 2.61 bits per heavy atom. The van der Waals surface area contributed by atoms with Gasteiger partial charge in [-0.05, 0) is 31.1 Å². The van der Waals surface area contributed by atoms with E-state index < -0.39 is 0 Å². The highest BCUT2D eigenvalue weighted by Gasteiger charge is 2.30. The van der Waals surface area contributed by atoms with Crippen molar-refractivity contribution >= 4 is 22.8 Å². The fourth-order valence-electron chi connectivity index (χ4n) is 2.73. The molecule has 124 valence electrons. The number of rotatable bonds is 4. The van der Waals surface area contributed by atoms with Crippen LogP contribution in [0.3, 0.4) is 0 Å². The average Bonchev–Trinajstić information content (AvgIpc) is 2.54. The van der Waals surface area contributed by atoms with Crippen LogP contribution in [0.5, 0.6) is 0 Å². The Morgan fingerprint density at radius 2 is 1.96 bits per heavy atom. The maximum Gasteiger partial charge on any atom is 0.255 e. The van der Waals surface area contributed by atoms with E-state index in [4.69, 9.17) is 4.74 Å². The van der Waals surface area contributed by atoms with E-state index in [0.29, 0.717) is 37.8 Å². The molecule has 1 aromatic carbocycles. The number of hydrogen-bond acceptors (Lipinski definition) is 5. The highest BCUT2D eigenvalue weighted by Crippen LogP contribution is 2.30. The number of benzene rings is 1. The molecule has 1 N–H and O–H groups in total. The summed E-state index contributed by atoms with van der Waals surface area (Å²) < 4.78 is 5.30. The number of amides is 1. The summed E-state index contributed by atoms with van der Waals surface area (Å²) in [7, 11) is 0. The van der Waals surface area contributed by atoms with Crippen LogP contribution in [0, 0.1) is 11.8 Å². The zero-order valence-electron chi connectivity index (χ0n) is 13.3. The van der Waals surface area contributed by atoms with E-state index in [9.17, 15) is 9.59 Å². The predicted molar refractivity (Wildman–Crippen MR) is 89.6 cm³/mol. The molecule has 23 heavy (non-hydrogen) atoms. The first-order chi connectivity index (χ1) is 11.2. The van der Waals surface area contributed by atoms with Gasteiger partial charge in [0.2, 0.25) is 0 Å². The van der Waals surface area contributed by atoms with Gasteiger partial charge in [0.15, 0.2) is 5.12 Å². The number of carbonyl (C=O) groups excluding carboxylic acids is 2. The van der Waals surface area contributed by atoms with Crippen LogP contribution in [-0.2, 0) is 9.53 Å². The number of ether oxygens (including phenoxy) is 1. The van der Waals surface area contributed by atoms with Crippen molar-refractivity contribution in [3.05, 3.63) is 29.8 Å². The summed E-state index contributed by atoms with van der Waals surface area (Å²) in [5.41, 5.74) is 0.617. The van der Waals surface area contributed by atoms with Gasteiger partial charge in [-0.3, -0.25) is 9.59 Å². The Kier molecular flexibility index (Phi) is 5.35. The number of hydrogen-bond donors (Lipinski definition) is 1. The Morgan fingerprint density at radius 1 is 1.26 bits per heavy atom. The van der Waals surface area contributed by atoms with Gasteiger partial charge < -0.3 is 15.0 Å². The molecular formula is C17H22N2O3S. The van der Waals surface area contributed by atoms with Gasteiger partial charge in [0.05, 0.1) is 18.8 Å². The molecule has 1 aromatic rings. The molecule has 1 unspecified atom stereocenters. The summed E-state index contributed by atoms with van der Waals surface area (Å²) >= 11 is 1.20. The lowest BCUT2D eigenvalue weighted by Gasteiger charge is -2.31. The molecule has 3 rings (SSSR count). The van der Waals surface area contributed by atoms with Crippen LogP contribution in [0.15, 0.2) is 29.2 Å². The van der Waals surface area contributed by atoms with E-state index in [2.05, 4.69) is 5.32 Å². The molecule has 2 heterocycles.